The SMILES string of the molecule is O=C(/C=C/c1c(F)cccc1Cl)Nc1ccc(N2CCOCC2)cc1. The van der Waals surface area contributed by atoms with E-state index in [1.165, 1.54) is 24.3 Å². The first-order valence-corrected chi connectivity index (χ1v) is 8.37. The lowest BCUT2D eigenvalue weighted by molar-refractivity contribution is -0.111. The number of carbonyl (C=O) groups is 1. The van der Waals surface area contributed by atoms with Gasteiger partial charge in [0.15, 0.2) is 0 Å². The molecule has 25 heavy (non-hydrogen) atoms. The van der Waals surface area contributed by atoms with Crippen LogP contribution in [0.4, 0.5) is 15.8 Å². The lowest BCUT2D eigenvalue weighted by atomic mass is 10.2. The van der Waals surface area contributed by atoms with Crippen molar-refractivity contribution in [3.05, 3.63) is 64.9 Å². The summed E-state index contributed by atoms with van der Waals surface area (Å²) in [6.07, 6.45) is 2.63. The number of morpholine rings is 1. The standard InChI is InChI=1S/C19H18ClFN2O2/c20-17-2-1-3-18(21)16(17)8-9-19(24)22-14-4-6-15(7-5-14)23-10-12-25-13-11-23/h1-9H,10-13H2,(H,22,24)/b9-8+. The fourth-order valence-corrected chi connectivity index (χ4v) is 2.82. The number of halogens is 2. The average Bonchev–Trinajstić information content (AvgIpc) is 2.63. The van der Waals surface area contributed by atoms with E-state index in [0.717, 1.165) is 32.0 Å². The molecular weight excluding hydrogens is 343 g/mol. The minimum Gasteiger partial charge on any atom is -0.378 e. The molecule has 0 radical (unpaired) electrons. The number of carbonyl (C=O) groups excluding carboxylic acids is 1. The predicted octanol–water partition coefficient (Wildman–Crippen LogP) is 3.97. The number of ether oxygens (including phenoxy) is 1. The summed E-state index contributed by atoms with van der Waals surface area (Å²) in [5.41, 5.74) is 1.96. The molecule has 1 saturated heterocycles. The van der Waals surface area contributed by atoms with Crippen LogP contribution in [0.1, 0.15) is 5.56 Å². The van der Waals surface area contributed by atoms with Crippen molar-refractivity contribution < 1.29 is 13.9 Å². The first kappa shape index (κ1) is 17.5. The quantitative estimate of drug-likeness (QED) is 0.839. The Kier molecular flexibility index (Phi) is 5.68. The summed E-state index contributed by atoms with van der Waals surface area (Å²) in [6.45, 7) is 3.17. The van der Waals surface area contributed by atoms with Gasteiger partial charge in [-0.15, -0.1) is 0 Å². The highest BCUT2D eigenvalue weighted by atomic mass is 35.5. The molecule has 1 N–H and O–H groups in total. The van der Waals surface area contributed by atoms with Crippen molar-refractivity contribution in [1.29, 1.82) is 0 Å². The molecule has 1 aliphatic rings. The van der Waals surface area contributed by atoms with Crippen molar-refractivity contribution in [2.24, 2.45) is 0 Å². The summed E-state index contributed by atoms with van der Waals surface area (Å²) in [5.74, 6) is -0.815. The summed E-state index contributed by atoms with van der Waals surface area (Å²) >= 11 is 5.93. The molecule has 0 spiro atoms. The van der Waals surface area contributed by atoms with Gasteiger partial charge >= 0.3 is 0 Å². The van der Waals surface area contributed by atoms with Crippen molar-refractivity contribution in [3.8, 4) is 0 Å². The Balaban J connectivity index is 1.62. The molecule has 0 bridgehead atoms. The second-order valence-corrected chi connectivity index (χ2v) is 6.01. The molecule has 2 aromatic rings. The normalized spacial score (nSPS) is 14.7. The predicted molar refractivity (Wildman–Crippen MR) is 98.5 cm³/mol. The number of amides is 1. The number of nitrogens with one attached hydrogen (secondary N) is 1. The van der Waals surface area contributed by atoms with E-state index in [9.17, 15) is 9.18 Å². The second kappa shape index (κ2) is 8.14. The summed E-state index contributed by atoms with van der Waals surface area (Å²) in [7, 11) is 0. The molecular formula is C19H18ClFN2O2. The van der Waals surface area contributed by atoms with Crippen molar-refractivity contribution in [3.63, 3.8) is 0 Å². The Labute approximate surface area is 150 Å². The minimum atomic E-state index is -0.466. The van der Waals surface area contributed by atoms with E-state index < -0.39 is 5.82 Å². The van der Waals surface area contributed by atoms with Gasteiger partial charge in [-0.25, -0.2) is 4.39 Å². The largest absolute Gasteiger partial charge is 0.378 e. The zero-order chi connectivity index (χ0) is 17.6. The van der Waals surface area contributed by atoms with Crippen LogP contribution < -0.4 is 10.2 Å². The third kappa shape index (κ3) is 4.59. The van der Waals surface area contributed by atoms with Crippen LogP contribution >= 0.6 is 11.6 Å². The van der Waals surface area contributed by atoms with Crippen LogP contribution in [-0.2, 0) is 9.53 Å². The summed E-state index contributed by atoms with van der Waals surface area (Å²) in [4.78, 5) is 14.2. The van der Waals surface area contributed by atoms with E-state index in [1.54, 1.807) is 6.07 Å². The van der Waals surface area contributed by atoms with Gasteiger partial charge in [0.05, 0.1) is 18.2 Å². The van der Waals surface area contributed by atoms with Gasteiger partial charge in [0.2, 0.25) is 5.91 Å². The fraction of sp³-hybridized carbons (Fsp3) is 0.211. The first-order valence-electron chi connectivity index (χ1n) is 7.99. The second-order valence-electron chi connectivity index (χ2n) is 5.60. The molecule has 6 heteroatoms. The van der Waals surface area contributed by atoms with Crippen molar-refractivity contribution in [2.45, 2.75) is 0 Å². The molecule has 0 saturated carbocycles. The molecule has 4 nitrogen and oxygen atoms in total. The van der Waals surface area contributed by atoms with Gasteiger partial charge in [-0.05, 0) is 42.5 Å². The zero-order valence-corrected chi connectivity index (χ0v) is 14.3. The Morgan fingerprint density at radius 1 is 1.16 bits per heavy atom. The van der Waals surface area contributed by atoms with E-state index >= 15 is 0 Å². The molecule has 2 aromatic carbocycles. The third-order valence-corrected chi connectivity index (χ3v) is 4.24. The van der Waals surface area contributed by atoms with E-state index in [2.05, 4.69) is 10.2 Å². The van der Waals surface area contributed by atoms with E-state index in [1.807, 2.05) is 24.3 Å². The van der Waals surface area contributed by atoms with Crippen LogP contribution in [-0.4, -0.2) is 32.2 Å². The van der Waals surface area contributed by atoms with Gasteiger partial charge in [0, 0.05) is 36.1 Å². The molecule has 0 aliphatic carbocycles. The molecule has 1 amide bonds. The van der Waals surface area contributed by atoms with Crippen molar-refractivity contribution in [1.82, 2.24) is 0 Å². The third-order valence-electron chi connectivity index (χ3n) is 3.91. The first-order chi connectivity index (χ1) is 12.1. The Morgan fingerprint density at radius 3 is 2.56 bits per heavy atom. The van der Waals surface area contributed by atoms with Gasteiger partial charge in [0.25, 0.3) is 0 Å². The van der Waals surface area contributed by atoms with E-state index in [4.69, 9.17) is 16.3 Å². The van der Waals surface area contributed by atoms with Crippen LogP contribution in [0.25, 0.3) is 6.08 Å². The number of hydrogen-bond donors (Lipinski definition) is 1. The molecule has 0 aromatic heterocycles. The Bertz CT molecular complexity index is 751. The van der Waals surface area contributed by atoms with Crippen LogP contribution in [0.2, 0.25) is 5.02 Å². The molecule has 1 aliphatic heterocycles. The van der Waals surface area contributed by atoms with Crippen LogP contribution in [0.15, 0.2) is 48.5 Å². The summed E-state index contributed by atoms with van der Waals surface area (Å²) < 4.78 is 19.0. The highest BCUT2D eigenvalue weighted by Crippen LogP contribution is 2.21. The van der Waals surface area contributed by atoms with Crippen molar-refractivity contribution >= 4 is 35.0 Å². The maximum atomic E-state index is 13.7. The fourth-order valence-electron chi connectivity index (χ4n) is 2.59. The number of hydrogen-bond acceptors (Lipinski definition) is 3. The number of rotatable bonds is 4. The van der Waals surface area contributed by atoms with Gasteiger partial charge in [-0.2, -0.15) is 0 Å². The van der Waals surface area contributed by atoms with Crippen LogP contribution in [0.5, 0.6) is 0 Å². The molecule has 130 valence electrons. The van der Waals surface area contributed by atoms with E-state index in [0.29, 0.717) is 5.69 Å². The number of nitrogens with zero attached hydrogens (tertiary/aromatic N) is 1. The number of benzene rings is 2. The molecule has 0 atom stereocenters. The van der Waals surface area contributed by atoms with Crippen molar-refractivity contribution in [2.75, 3.05) is 36.5 Å². The molecule has 0 unspecified atom stereocenters. The van der Waals surface area contributed by atoms with Gasteiger partial charge in [0.1, 0.15) is 5.82 Å². The summed E-state index contributed by atoms with van der Waals surface area (Å²) in [5, 5.41) is 3.01. The van der Waals surface area contributed by atoms with Gasteiger partial charge in [-0.3, -0.25) is 4.79 Å². The maximum Gasteiger partial charge on any atom is 0.248 e. The number of anilines is 2. The maximum absolute atomic E-state index is 13.7. The smallest absolute Gasteiger partial charge is 0.248 e. The van der Waals surface area contributed by atoms with Crippen LogP contribution in [0.3, 0.4) is 0 Å². The van der Waals surface area contributed by atoms with Gasteiger partial charge in [-0.1, -0.05) is 17.7 Å². The van der Waals surface area contributed by atoms with Crippen LogP contribution in [0, 0.1) is 5.82 Å². The zero-order valence-electron chi connectivity index (χ0n) is 13.5. The topological polar surface area (TPSA) is 41.6 Å². The van der Waals surface area contributed by atoms with E-state index in [-0.39, 0.29) is 16.5 Å². The average molecular weight is 361 g/mol. The monoisotopic (exact) mass is 360 g/mol. The molecule has 1 fully saturated rings. The lowest BCUT2D eigenvalue weighted by Crippen LogP contribution is -2.36. The highest BCUT2D eigenvalue weighted by Gasteiger charge is 2.11. The molecule has 1 heterocycles. The Morgan fingerprint density at radius 2 is 1.88 bits per heavy atom. The minimum absolute atomic E-state index is 0.196. The van der Waals surface area contributed by atoms with Gasteiger partial charge < -0.3 is 15.0 Å². The highest BCUT2D eigenvalue weighted by molar-refractivity contribution is 6.32. The lowest BCUT2D eigenvalue weighted by Gasteiger charge is -2.28. The Hall–Kier alpha value is -2.37. The molecule has 3 rings (SSSR count). The summed E-state index contributed by atoms with van der Waals surface area (Å²) in [6, 6.07) is 12.0.